The van der Waals surface area contributed by atoms with Gasteiger partial charge in [0.2, 0.25) is 0 Å². The Balaban J connectivity index is 1.75. The highest BCUT2D eigenvalue weighted by Crippen LogP contribution is 2.22. The monoisotopic (exact) mass is 209 g/mol. The van der Waals surface area contributed by atoms with E-state index < -0.39 is 0 Å². The molecule has 3 heteroatoms. The maximum Gasteiger partial charge on any atom is 0.123 e. The van der Waals surface area contributed by atoms with Crippen LogP contribution in [0.25, 0.3) is 0 Å². The van der Waals surface area contributed by atoms with Crippen LogP contribution in [0.5, 0.6) is 0 Å². The first-order chi connectivity index (χ1) is 7.28. The molecule has 1 N–H and O–H groups in total. The summed E-state index contributed by atoms with van der Waals surface area (Å²) in [4.78, 5) is 0. The van der Waals surface area contributed by atoms with Crippen molar-refractivity contribution in [3.63, 3.8) is 0 Å². The Morgan fingerprint density at radius 3 is 2.93 bits per heavy atom. The van der Waals surface area contributed by atoms with Gasteiger partial charge in [-0.3, -0.25) is 0 Å². The second-order valence-electron chi connectivity index (χ2n) is 4.04. The summed E-state index contributed by atoms with van der Waals surface area (Å²) >= 11 is 0. The van der Waals surface area contributed by atoms with Gasteiger partial charge in [0, 0.05) is 19.7 Å². The van der Waals surface area contributed by atoms with Crippen molar-refractivity contribution in [3.05, 3.63) is 35.6 Å². The highest BCUT2D eigenvalue weighted by Gasteiger charge is 2.28. The lowest BCUT2D eigenvalue weighted by Gasteiger charge is -2.34. The molecule has 0 unspecified atom stereocenters. The third-order valence-corrected chi connectivity index (χ3v) is 2.91. The van der Waals surface area contributed by atoms with E-state index in [0.29, 0.717) is 12.1 Å². The van der Waals surface area contributed by atoms with Gasteiger partial charge < -0.3 is 10.1 Å². The van der Waals surface area contributed by atoms with E-state index >= 15 is 0 Å². The summed E-state index contributed by atoms with van der Waals surface area (Å²) in [5.41, 5.74) is 0.996. The summed E-state index contributed by atoms with van der Waals surface area (Å²) in [7, 11) is 1.74. The summed E-state index contributed by atoms with van der Waals surface area (Å²) in [6.45, 7) is 0.735. The number of halogens is 1. The van der Waals surface area contributed by atoms with Crippen molar-refractivity contribution in [2.24, 2.45) is 0 Å². The van der Waals surface area contributed by atoms with E-state index in [1.165, 1.54) is 6.07 Å². The van der Waals surface area contributed by atoms with Gasteiger partial charge in [-0.1, -0.05) is 12.1 Å². The average molecular weight is 209 g/mol. The van der Waals surface area contributed by atoms with E-state index in [-0.39, 0.29) is 5.82 Å². The molecule has 15 heavy (non-hydrogen) atoms. The number of hydrogen-bond donors (Lipinski definition) is 1. The third kappa shape index (κ3) is 2.76. The van der Waals surface area contributed by atoms with Crippen molar-refractivity contribution in [1.82, 2.24) is 5.32 Å². The molecular weight excluding hydrogens is 193 g/mol. The Morgan fingerprint density at radius 1 is 1.47 bits per heavy atom. The molecule has 1 fully saturated rings. The molecule has 0 heterocycles. The predicted molar refractivity (Wildman–Crippen MR) is 57.1 cm³/mol. The molecule has 0 atom stereocenters. The largest absolute Gasteiger partial charge is 0.381 e. The Labute approximate surface area is 89.4 Å². The average Bonchev–Trinajstić information content (AvgIpc) is 2.16. The van der Waals surface area contributed by atoms with Crippen LogP contribution in [0, 0.1) is 5.82 Å². The molecule has 82 valence electrons. The molecule has 1 aromatic carbocycles. The fourth-order valence-electron chi connectivity index (χ4n) is 1.83. The van der Waals surface area contributed by atoms with Crippen molar-refractivity contribution < 1.29 is 9.13 Å². The molecular formula is C12H16FNO. The second kappa shape index (κ2) is 4.73. The predicted octanol–water partition coefficient (Wildman–Crippen LogP) is 2.09. The molecule has 0 radical (unpaired) electrons. The Bertz CT molecular complexity index is 323. The van der Waals surface area contributed by atoms with Gasteiger partial charge in [-0.25, -0.2) is 4.39 Å². The molecule has 0 aromatic heterocycles. The molecule has 1 aliphatic carbocycles. The number of nitrogens with one attached hydrogen (secondary N) is 1. The van der Waals surface area contributed by atoms with Crippen LogP contribution < -0.4 is 5.32 Å². The van der Waals surface area contributed by atoms with Gasteiger partial charge in [0.15, 0.2) is 0 Å². The second-order valence-corrected chi connectivity index (χ2v) is 4.04. The lowest BCUT2D eigenvalue weighted by molar-refractivity contribution is 0.0170. The highest BCUT2D eigenvalue weighted by atomic mass is 19.1. The minimum Gasteiger partial charge on any atom is -0.381 e. The van der Waals surface area contributed by atoms with Crippen LogP contribution in [-0.2, 0) is 11.3 Å². The van der Waals surface area contributed by atoms with Gasteiger partial charge in [0.1, 0.15) is 5.82 Å². The van der Waals surface area contributed by atoms with Crippen molar-refractivity contribution in [2.45, 2.75) is 31.5 Å². The summed E-state index contributed by atoms with van der Waals surface area (Å²) < 4.78 is 18.0. The number of hydrogen-bond acceptors (Lipinski definition) is 2. The number of benzene rings is 1. The minimum atomic E-state index is -0.169. The van der Waals surface area contributed by atoms with E-state index in [1.807, 2.05) is 6.07 Å². The Morgan fingerprint density at radius 2 is 2.27 bits per heavy atom. The Hall–Kier alpha value is -0.930. The van der Waals surface area contributed by atoms with E-state index in [2.05, 4.69) is 5.32 Å². The summed E-state index contributed by atoms with van der Waals surface area (Å²) in [6, 6.07) is 7.24. The fraction of sp³-hybridized carbons (Fsp3) is 0.500. The van der Waals surface area contributed by atoms with Crippen LogP contribution in [0.2, 0.25) is 0 Å². The minimum absolute atomic E-state index is 0.169. The molecule has 0 spiro atoms. The van der Waals surface area contributed by atoms with Gasteiger partial charge in [-0.05, 0) is 30.5 Å². The molecule has 1 aromatic rings. The molecule has 0 amide bonds. The van der Waals surface area contributed by atoms with Gasteiger partial charge >= 0.3 is 0 Å². The van der Waals surface area contributed by atoms with Gasteiger partial charge in [-0.15, -0.1) is 0 Å². The molecule has 2 rings (SSSR count). The van der Waals surface area contributed by atoms with Crippen LogP contribution >= 0.6 is 0 Å². The number of rotatable bonds is 4. The van der Waals surface area contributed by atoms with Crippen LogP contribution in [0.1, 0.15) is 18.4 Å². The third-order valence-electron chi connectivity index (χ3n) is 2.91. The fourth-order valence-corrected chi connectivity index (χ4v) is 1.83. The van der Waals surface area contributed by atoms with Crippen molar-refractivity contribution >= 4 is 0 Å². The quantitative estimate of drug-likeness (QED) is 0.820. The zero-order valence-corrected chi connectivity index (χ0v) is 8.87. The lowest BCUT2D eigenvalue weighted by Crippen LogP contribution is -2.44. The van der Waals surface area contributed by atoms with Crippen LogP contribution in [0.3, 0.4) is 0 Å². The number of ether oxygens (including phenoxy) is 1. The zero-order valence-electron chi connectivity index (χ0n) is 8.87. The first-order valence-electron chi connectivity index (χ1n) is 5.28. The lowest BCUT2D eigenvalue weighted by atomic mass is 9.89. The van der Waals surface area contributed by atoms with Crippen LogP contribution in [0.15, 0.2) is 24.3 Å². The molecule has 0 aliphatic heterocycles. The SMILES string of the molecule is COC1CC(NCc2cccc(F)c2)C1. The van der Waals surface area contributed by atoms with E-state index in [4.69, 9.17) is 4.74 Å². The maximum atomic E-state index is 12.9. The smallest absolute Gasteiger partial charge is 0.123 e. The van der Waals surface area contributed by atoms with Crippen LogP contribution in [0.4, 0.5) is 4.39 Å². The molecule has 2 nitrogen and oxygen atoms in total. The zero-order chi connectivity index (χ0) is 10.7. The topological polar surface area (TPSA) is 21.3 Å². The summed E-state index contributed by atoms with van der Waals surface area (Å²) in [5.74, 6) is -0.169. The highest BCUT2D eigenvalue weighted by molar-refractivity contribution is 5.16. The standard InChI is InChI=1S/C12H16FNO/c1-15-12-6-11(7-12)14-8-9-3-2-4-10(13)5-9/h2-5,11-12,14H,6-8H2,1H3. The van der Waals surface area contributed by atoms with Gasteiger partial charge in [0.25, 0.3) is 0 Å². The first-order valence-corrected chi connectivity index (χ1v) is 5.28. The van der Waals surface area contributed by atoms with E-state index in [9.17, 15) is 4.39 Å². The normalized spacial score (nSPS) is 24.9. The van der Waals surface area contributed by atoms with Gasteiger partial charge in [-0.2, -0.15) is 0 Å². The van der Waals surface area contributed by atoms with Crippen molar-refractivity contribution in [2.75, 3.05) is 7.11 Å². The summed E-state index contributed by atoms with van der Waals surface area (Å²) in [6.07, 6.45) is 2.53. The van der Waals surface area contributed by atoms with E-state index in [1.54, 1.807) is 19.2 Å². The molecule has 1 saturated carbocycles. The summed E-state index contributed by atoms with van der Waals surface area (Å²) in [5, 5.41) is 3.38. The first kappa shape index (κ1) is 10.6. The number of methoxy groups -OCH3 is 1. The van der Waals surface area contributed by atoms with Crippen LogP contribution in [-0.4, -0.2) is 19.3 Å². The molecule has 0 saturated heterocycles. The van der Waals surface area contributed by atoms with Gasteiger partial charge in [0.05, 0.1) is 6.10 Å². The van der Waals surface area contributed by atoms with E-state index in [0.717, 1.165) is 24.9 Å². The van der Waals surface area contributed by atoms with Crippen molar-refractivity contribution in [1.29, 1.82) is 0 Å². The molecule has 1 aliphatic rings. The Kier molecular flexibility index (Phi) is 3.34. The van der Waals surface area contributed by atoms with Crippen molar-refractivity contribution in [3.8, 4) is 0 Å². The maximum absolute atomic E-state index is 12.9. The molecule has 0 bridgehead atoms.